The maximum atomic E-state index is 11.5. The van der Waals surface area contributed by atoms with Crippen LogP contribution in [0.15, 0.2) is 0 Å². The molecule has 0 heterocycles. The van der Waals surface area contributed by atoms with Gasteiger partial charge in [-0.25, -0.2) is 0 Å². The Balaban J connectivity index is 4.01. The Bertz CT molecular complexity index is 170. The average molecular weight is 232 g/mol. The summed E-state index contributed by atoms with van der Waals surface area (Å²) in [5.74, 6) is 0. The summed E-state index contributed by atoms with van der Waals surface area (Å²) in [5, 5.41) is 44.4. The van der Waals surface area contributed by atoms with Crippen molar-refractivity contribution in [2.75, 3.05) is 13.2 Å². The largest absolute Gasteiger partial charge is 0.394 e. The molecule has 0 saturated carbocycles. The Morgan fingerprint density at radius 2 is 1.40 bits per heavy atom. The van der Waals surface area contributed by atoms with Gasteiger partial charge in [0.25, 0.3) is 0 Å². The quantitative estimate of drug-likeness (QED) is 0.336. The molecule has 4 atom stereocenters. The molecule has 8 heteroatoms. The summed E-state index contributed by atoms with van der Waals surface area (Å²) in [5.41, 5.74) is 0. The van der Waals surface area contributed by atoms with Crippen molar-refractivity contribution in [2.24, 2.45) is 0 Å². The van der Waals surface area contributed by atoms with Crippen LogP contribution in [0.1, 0.15) is 0 Å². The monoisotopic (exact) mass is 232 g/mol. The van der Waals surface area contributed by atoms with E-state index in [1.54, 1.807) is 0 Å². The number of halogens is 2. The normalized spacial score (nSPS) is 20.0. The molecule has 5 N–H and O–H groups in total. The molecule has 0 aliphatic heterocycles. The summed E-state index contributed by atoms with van der Waals surface area (Å²) >= 11 is 0. The lowest BCUT2D eigenvalue weighted by Crippen LogP contribution is -2.47. The average Bonchev–Trinajstić information content (AvgIpc) is 2.22. The smallest absolute Gasteiger partial charge is 0.345 e. The number of hydrogen-bond acceptors (Lipinski definition) is 6. The van der Waals surface area contributed by atoms with Crippen molar-refractivity contribution in [1.82, 2.24) is 0 Å². The second kappa shape index (κ2) is 6.99. The van der Waals surface area contributed by atoms with Gasteiger partial charge in [-0.1, -0.05) is 0 Å². The first-order valence-electron chi connectivity index (χ1n) is 4.13. The van der Waals surface area contributed by atoms with E-state index >= 15 is 0 Å². The zero-order valence-corrected chi connectivity index (χ0v) is 7.70. The molecule has 6 nitrogen and oxygen atoms in total. The molecule has 0 aliphatic carbocycles. The van der Waals surface area contributed by atoms with E-state index in [9.17, 15) is 8.78 Å². The predicted molar refractivity (Wildman–Crippen MR) is 43.1 cm³/mol. The van der Waals surface area contributed by atoms with Crippen LogP contribution in [-0.4, -0.2) is 69.8 Å². The maximum Gasteiger partial charge on any atom is 0.345 e. The van der Waals surface area contributed by atoms with Crippen molar-refractivity contribution >= 4 is 0 Å². The number of rotatable bonds is 7. The first-order chi connectivity index (χ1) is 6.90. The molecule has 0 aromatic heterocycles. The summed E-state index contributed by atoms with van der Waals surface area (Å²) in [6.45, 7) is -4.83. The highest BCUT2D eigenvalue weighted by molar-refractivity contribution is 4.80. The van der Waals surface area contributed by atoms with Crippen LogP contribution in [0.3, 0.4) is 0 Å². The highest BCUT2D eigenvalue weighted by atomic mass is 19.3. The number of alkyl halides is 2. The lowest BCUT2D eigenvalue weighted by atomic mass is 10.0. The highest BCUT2D eigenvalue weighted by Gasteiger charge is 2.30. The Morgan fingerprint density at radius 3 is 1.80 bits per heavy atom. The molecule has 0 aromatic rings. The second-order valence-electron chi connectivity index (χ2n) is 2.89. The SMILES string of the molecule is OC[C@H](O)[C@@H](O)[C@H](O)[C@@H](O)COC(F)F. The fraction of sp³-hybridized carbons (Fsp3) is 1.00. The van der Waals surface area contributed by atoms with E-state index in [-0.39, 0.29) is 0 Å². The van der Waals surface area contributed by atoms with Crippen molar-refractivity contribution in [3.05, 3.63) is 0 Å². The molecule has 0 aliphatic rings. The third kappa shape index (κ3) is 5.30. The molecule has 0 radical (unpaired) electrons. The molecule has 0 fully saturated rings. The van der Waals surface area contributed by atoms with E-state index in [0.717, 1.165) is 0 Å². The summed E-state index contributed by atoms with van der Waals surface area (Å²) in [4.78, 5) is 0. The van der Waals surface area contributed by atoms with Crippen LogP contribution < -0.4 is 0 Å². The molecule has 0 spiro atoms. The molecule has 15 heavy (non-hydrogen) atoms. The lowest BCUT2D eigenvalue weighted by Gasteiger charge is -2.25. The third-order valence-corrected chi connectivity index (χ3v) is 1.72. The number of ether oxygens (including phenoxy) is 1. The zero-order valence-electron chi connectivity index (χ0n) is 7.70. The zero-order chi connectivity index (χ0) is 12.0. The summed E-state index contributed by atoms with van der Waals surface area (Å²) in [6, 6.07) is 0. The number of aliphatic hydroxyl groups is 5. The molecule has 0 unspecified atom stereocenters. The second-order valence-corrected chi connectivity index (χ2v) is 2.89. The maximum absolute atomic E-state index is 11.5. The van der Waals surface area contributed by atoms with Crippen LogP contribution >= 0.6 is 0 Å². The van der Waals surface area contributed by atoms with Crippen LogP contribution in [0.5, 0.6) is 0 Å². The summed E-state index contributed by atoms with van der Waals surface area (Å²) < 4.78 is 26.7. The first-order valence-corrected chi connectivity index (χ1v) is 4.13. The number of aliphatic hydroxyl groups excluding tert-OH is 5. The minimum atomic E-state index is -3.10. The van der Waals surface area contributed by atoms with Crippen LogP contribution in [0.4, 0.5) is 8.78 Å². The molecule has 92 valence electrons. The van der Waals surface area contributed by atoms with E-state index in [1.807, 2.05) is 0 Å². The van der Waals surface area contributed by atoms with E-state index in [0.29, 0.717) is 0 Å². The molecule has 0 rings (SSSR count). The summed E-state index contributed by atoms with van der Waals surface area (Å²) in [7, 11) is 0. The topological polar surface area (TPSA) is 110 Å². The highest BCUT2D eigenvalue weighted by Crippen LogP contribution is 2.07. The minimum absolute atomic E-state index is 0.833. The van der Waals surface area contributed by atoms with Crippen molar-refractivity contribution < 1.29 is 39.1 Å². The Kier molecular flexibility index (Phi) is 6.81. The van der Waals surface area contributed by atoms with Gasteiger partial charge in [0.2, 0.25) is 0 Å². The van der Waals surface area contributed by atoms with E-state index in [1.165, 1.54) is 0 Å². The Morgan fingerprint density at radius 1 is 0.933 bits per heavy atom. The minimum Gasteiger partial charge on any atom is -0.394 e. The van der Waals surface area contributed by atoms with Crippen LogP contribution in [0.2, 0.25) is 0 Å². The molecule has 0 saturated heterocycles. The Labute approximate surface area is 84.3 Å². The molecule has 0 bridgehead atoms. The van der Waals surface area contributed by atoms with Gasteiger partial charge in [0.05, 0.1) is 13.2 Å². The van der Waals surface area contributed by atoms with Gasteiger partial charge in [-0.2, -0.15) is 8.78 Å². The van der Waals surface area contributed by atoms with E-state index in [2.05, 4.69) is 4.74 Å². The van der Waals surface area contributed by atoms with Gasteiger partial charge in [-0.15, -0.1) is 0 Å². The fourth-order valence-corrected chi connectivity index (χ4v) is 0.833. The standard InChI is InChI=1S/C7H14F2O6/c8-7(9)15-2-4(12)6(14)5(13)3(11)1-10/h3-7,10-14H,1-2H2/t3-,4-,5+,6+/m0/s1. The first kappa shape index (κ1) is 14.6. The van der Waals surface area contributed by atoms with Gasteiger partial charge in [0.1, 0.15) is 24.4 Å². The van der Waals surface area contributed by atoms with E-state index < -0.39 is 44.2 Å². The van der Waals surface area contributed by atoms with Crippen LogP contribution in [0, 0.1) is 0 Å². The molecule has 0 amide bonds. The van der Waals surface area contributed by atoms with Crippen molar-refractivity contribution in [3.8, 4) is 0 Å². The van der Waals surface area contributed by atoms with Gasteiger partial charge in [-0.05, 0) is 0 Å². The van der Waals surface area contributed by atoms with Gasteiger partial charge < -0.3 is 30.3 Å². The lowest BCUT2D eigenvalue weighted by molar-refractivity contribution is -0.177. The fourth-order valence-electron chi connectivity index (χ4n) is 0.833. The van der Waals surface area contributed by atoms with Crippen molar-refractivity contribution in [3.63, 3.8) is 0 Å². The van der Waals surface area contributed by atoms with Crippen LogP contribution in [0.25, 0.3) is 0 Å². The van der Waals surface area contributed by atoms with E-state index in [4.69, 9.17) is 25.5 Å². The predicted octanol–water partition coefficient (Wildman–Crippen LogP) is -2.34. The van der Waals surface area contributed by atoms with Crippen LogP contribution in [-0.2, 0) is 4.74 Å². The van der Waals surface area contributed by atoms with Crippen molar-refractivity contribution in [2.45, 2.75) is 31.0 Å². The molecular formula is C7H14F2O6. The number of hydrogen-bond donors (Lipinski definition) is 5. The molecular weight excluding hydrogens is 218 g/mol. The third-order valence-electron chi connectivity index (χ3n) is 1.72. The summed E-state index contributed by atoms with van der Waals surface area (Å²) in [6.07, 6.45) is -7.17. The molecule has 0 aromatic carbocycles. The Hall–Kier alpha value is -0.380. The van der Waals surface area contributed by atoms with Gasteiger partial charge in [-0.3, -0.25) is 0 Å². The van der Waals surface area contributed by atoms with Gasteiger partial charge >= 0.3 is 6.61 Å². The van der Waals surface area contributed by atoms with Crippen molar-refractivity contribution in [1.29, 1.82) is 0 Å². The van der Waals surface area contributed by atoms with Gasteiger partial charge in [0.15, 0.2) is 0 Å². The van der Waals surface area contributed by atoms with Gasteiger partial charge in [0, 0.05) is 0 Å².